The van der Waals surface area contributed by atoms with Crippen molar-refractivity contribution in [1.29, 1.82) is 0 Å². The Kier molecular flexibility index (Phi) is 5.68. The lowest BCUT2D eigenvalue weighted by Gasteiger charge is -2.17. The summed E-state index contributed by atoms with van der Waals surface area (Å²) in [5.74, 6) is -0.432. The van der Waals surface area contributed by atoms with Crippen LogP contribution in [0.5, 0.6) is 11.5 Å². The lowest BCUT2D eigenvalue weighted by molar-refractivity contribution is -0.120. The lowest BCUT2D eigenvalue weighted by Crippen LogP contribution is -2.31. The molecule has 0 N–H and O–H groups in total. The minimum atomic E-state index is -1.23. The van der Waals surface area contributed by atoms with Crippen LogP contribution >= 0.6 is 23.2 Å². The molecule has 1 heterocycles. The molecule has 27 heavy (non-hydrogen) atoms. The van der Waals surface area contributed by atoms with E-state index in [-0.39, 0.29) is 11.4 Å². The molecule has 0 aliphatic carbocycles. The monoisotopic (exact) mass is 406 g/mol. The molecule has 1 fully saturated rings. The van der Waals surface area contributed by atoms with Gasteiger partial charge in [-0.05, 0) is 37.3 Å². The number of rotatable bonds is 5. The zero-order chi connectivity index (χ0) is 19.6. The Labute approximate surface area is 166 Å². The zero-order valence-corrected chi connectivity index (χ0v) is 16.1. The first-order chi connectivity index (χ1) is 13.0. The normalized spacial score (nSPS) is 18.3. The standard InChI is InChI=1S/C19H16Cl2N2O4/c1-3-27-14-7-5-4-6-12(14)22-17-16(21)18(24)23(19(17)25)13-10-11(20)8-9-15(13)26-2/h4-10,16H,3H2,1-2H3. The van der Waals surface area contributed by atoms with E-state index in [1.165, 1.54) is 13.2 Å². The van der Waals surface area contributed by atoms with Gasteiger partial charge >= 0.3 is 0 Å². The number of para-hydroxylation sites is 2. The zero-order valence-electron chi connectivity index (χ0n) is 14.6. The van der Waals surface area contributed by atoms with E-state index in [1.807, 2.05) is 6.92 Å². The molecule has 0 radical (unpaired) electrons. The van der Waals surface area contributed by atoms with Crippen LogP contribution in [-0.2, 0) is 9.59 Å². The molecule has 1 aliphatic heterocycles. The average molecular weight is 407 g/mol. The Balaban J connectivity index is 2.06. The fraction of sp³-hybridized carbons (Fsp3) is 0.211. The Morgan fingerprint density at radius 1 is 1.15 bits per heavy atom. The minimum Gasteiger partial charge on any atom is -0.495 e. The van der Waals surface area contributed by atoms with Crippen LogP contribution in [0, 0.1) is 0 Å². The molecule has 1 atom stereocenters. The molecule has 140 valence electrons. The lowest BCUT2D eigenvalue weighted by atomic mass is 10.2. The van der Waals surface area contributed by atoms with Crippen LogP contribution < -0.4 is 14.4 Å². The molecule has 3 rings (SSSR count). The number of alkyl halides is 1. The number of aliphatic imine (C=N–C) groups is 1. The molecular weight excluding hydrogens is 391 g/mol. The van der Waals surface area contributed by atoms with E-state index in [0.29, 0.717) is 28.8 Å². The van der Waals surface area contributed by atoms with Crippen molar-refractivity contribution in [2.45, 2.75) is 12.3 Å². The van der Waals surface area contributed by atoms with Gasteiger partial charge in [0.25, 0.3) is 11.8 Å². The van der Waals surface area contributed by atoms with Crippen molar-refractivity contribution in [1.82, 2.24) is 0 Å². The van der Waals surface area contributed by atoms with Crippen LogP contribution in [0.25, 0.3) is 0 Å². The maximum absolute atomic E-state index is 12.9. The van der Waals surface area contributed by atoms with Crippen molar-refractivity contribution in [3.8, 4) is 11.5 Å². The highest BCUT2D eigenvalue weighted by Crippen LogP contribution is 2.36. The number of imide groups is 1. The number of hydrogen-bond donors (Lipinski definition) is 0. The molecule has 1 unspecified atom stereocenters. The van der Waals surface area contributed by atoms with E-state index in [0.717, 1.165) is 4.90 Å². The smallest absolute Gasteiger partial charge is 0.281 e. The summed E-state index contributed by atoms with van der Waals surface area (Å²) in [6.07, 6.45) is 0. The fourth-order valence-electron chi connectivity index (χ4n) is 2.68. The Morgan fingerprint density at radius 3 is 2.59 bits per heavy atom. The number of carbonyl (C=O) groups is 2. The summed E-state index contributed by atoms with van der Waals surface area (Å²) in [7, 11) is 1.43. The highest BCUT2D eigenvalue weighted by Gasteiger charge is 2.46. The predicted molar refractivity (Wildman–Crippen MR) is 105 cm³/mol. The number of methoxy groups -OCH3 is 1. The molecule has 0 saturated carbocycles. The number of amides is 2. The molecule has 2 aromatic carbocycles. The van der Waals surface area contributed by atoms with E-state index in [4.69, 9.17) is 32.7 Å². The first-order valence-electron chi connectivity index (χ1n) is 8.14. The molecule has 6 nitrogen and oxygen atoms in total. The van der Waals surface area contributed by atoms with Gasteiger partial charge in [-0.3, -0.25) is 9.59 Å². The number of ether oxygens (including phenoxy) is 2. The van der Waals surface area contributed by atoms with Crippen molar-refractivity contribution in [2.24, 2.45) is 4.99 Å². The van der Waals surface area contributed by atoms with Gasteiger partial charge in [0.2, 0.25) is 0 Å². The van der Waals surface area contributed by atoms with Gasteiger partial charge in [0.1, 0.15) is 22.9 Å². The summed E-state index contributed by atoms with van der Waals surface area (Å²) < 4.78 is 10.8. The van der Waals surface area contributed by atoms with Gasteiger partial charge in [0.05, 0.1) is 19.4 Å². The maximum Gasteiger partial charge on any atom is 0.281 e. The number of carbonyl (C=O) groups excluding carboxylic acids is 2. The summed E-state index contributed by atoms with van der Waals surface area (Å²) in [5.41, 5.74) is 0.547. The molecule has 0 aromatic heterocycles. The molecule has 1 saturated heterocycles. The van der Waals surface area contributed by atoms with Gasteiger partial charge in [-0.25, -0.2) is 9.89 Å². The number of hydrogen-bond acceptors (Lipinski definition) is 5. The minimum absolute atomic E-state index is 0.0872. The van der Waals surface area contributed by atoms with Crippen molar-refractivity contribution < 1.29 is 19.1 Å². The fourth-order valence-corrected chi connectivity index (χ4v) is 3.09. The van der Waals surface area contributed by atoms with Crippen molar-refractivity contribution >= 4 is 52.1 Å². The number of halogens is 2. The average Bonchev–Trinajstić information content (AvgIpc) is 2.87. The van der Waals surface area contributed by atoms with E-state index in [9.17, 15) is 9.59 Å². The second-order valence-electron chi connectivity index (χ2n) is 5.56. The summed E-state index contributed by atoms with van der Waals surface area (Å²) in [6, 6.07) is 11.6. The highest BCUT2D eigenvalue weighted by atomic mass is 35.5. The molecule has 1 aliphatic rings. The van der Waals surface area contributed by atoms with Gasteiger partial charge in [0.15, 0.2) is 5.38 Å². The summed E-state index contributed by atoms with van der Waals surface area (Å²) in [6.45, 7) is 2.27. The molecule has 2 aromatic rings. The SMILES string of the molecule is CCOc1ccccc1N=C1C(=O)N(c2cc(Cl)ccc2OC)C(=O)C1Cl. The van der Waals surface area contributed by atoms with Gasteiger partial charge in [-0.1, -0.05) is 23.7 Å². The van der Waals surface area contributed by atoms with Gasteiger partial charge < -0.3 is 9.47 Å². The van der Waals surface area contributed by atoms with Crippen molar-refractivity contribution in [3.63, 3.8) is 0 Å². The topological polar surface area (TPSA) is 68.2 Å². The van der Waals surface area contributed by atoms with Gasteiger partial charge in [-0.15, -0.1) is 11.6 Å². The van der Waals surface area contributed by atoms with Crippen LogP contribution in [0.1, 0.15) is 6.92 Å². The quantitative estimate of drug-likeness (QED) is 0.555. The van der Waals surface area contributed by atoms with Crippen molar-refractivity contribution in [3.05, 3.63) is 47.5 Å². The van der Waals surface area contributed by atoms with Crippen LogP contribution in [0.3, 0.4) is 0 Å². The van der Waals surface area contributed by atoms with Gasteiger partial charge in [-0.2, -0.15) is 0 Å². The number of benzene rings is 2. The third kappa shape index (κ3) is 3.63. The third-order valence-corrected chi connectivity index (χ3v) is 4.52. The molecular formula is C19H16Cl2N2O4. The maximum atomic E-state index is 12.9. The first-order valence-corrected chi connectivity index (χ1v) is 8.95. The van der Waals surface area contributed by atoms with Gasteiger partial charge in [0, 0.05) is 5.02 Å². The Morgan fingerprint density at radius 2 is 1.89 bits per heavy atom. The first kappa shape index (κ1) is 19.2. The molecule has 0 spiro atoms. The molecule has 0 bridgehead atoms. The molecule has 2 amide bonds. The third-order valence-electron chi connectivity index (χ3n) is 3.89. The summed E-state index contributed by atoms with van der Waals surface area (Å²) in [4.78, 5) is 30.9. The predicted octanol–water partition coefficient (Wildman–Crippen LogP) is 4.00. The van der Waals surface area contributed by atoms with Crippen LogP contribution in [0.15, 0.2) is 47.5 Å². The summed E-state index contributed by atoms with van der Waals surface area (Å²) >= 11 is 12.2. The van der Waals surface area contributed by atoms with Crippen molar-refractivity contribution in [2.75, 3.05) is 18.6 Å². The second-order valence-corrected chi connectivity index (χ2v) is 6.43. The van der Waals surface area contributed by atoms with Crippen LogP contribution in [0.2, 0.25) is 5.02 Å². The van der Waals surface area contributed by atoms with Crippen LogP contribution in [0.4, 0.5) is 11.4 Å². The number of anilines is 1. The van der Waals surface area contributed by atoms with E-state index in [1.54, 1.807) is 36.4 Å². The molecule has 8 heteroatoms. The van der Waals surface area contributed by atoms with E-state index in [2.05, 4.69) is 4.99 Å². The Hall–Kier alpha value is -2.57. The van der Waals surface area contributed by atoms with E-state index >= 15 is 0 Å². The number of nitrogens with zero attached hydrogens (tertiary/aromatic N) is 2. The second kappa shape index (κ2) is 7.98. The van der Waals surface area contributed by atoms with Crippen LogP contribution in [-0.4, -0.2) is 36.6 Å². The summed E-state index contributed by atoms with van der Waals surface area (Å²) in [5, 5.41) is -0.875. The Bertz CT molecular complexity index is 930. The highest BCUT2D eigenvalue weighted by molar-refractivity contribution is 6.68. The largest absolute Gasteiger partial charge is 0.495 e. The van der Waals surface area contributed by atoms with E-state index < -0.39 is 17.2 Å².